The average Bonchev–Trinajstić information content (AvgIpc) is 2.82. The second-order valence-electron chi connectivity index (χ2n) is 7.97. The van der Waals surface area contributed by atoms with Crippen LogP contribution in [0.3, 0.4) is 0 Å². The average molecular weight is 370 g/mol. The molecule has 7 heteroatoms. The maximum Gasteiger partial charge on any atom is 0.325 e. The fraction of sp³-hybridized carbons (Fsp3) is 0.500. The monoisotopic (exact) mass is 370 g/mol. The van der Waals surface area contributed by atoms with E-state index in [9.17, 15) is 14.4 Å². The highest BCUT2D eigenvalue weighted by Crippen LogP contribution is 2.25. The first kappa shape index (κ1) is 20.4. The number of carbonyl (C=O) groups is 3. The first-order valence-electron chi connectivity index (χ1n) is 8.92. The van der Waals surface area contributed by atoms with Crippen molar-refractivity contribution in [3.05, 3.63) is 29.3 Å². The minimum Gasteiger partial charge on any atom is -0.325 e. The molecule has 144 valence electrons. The predicted molar refractivity (Wildman–Crippen MR) is 102 cm³/mol. The second kappa shape index (κ2) is 7.78. The van der Waals surface area contributed by atoms with Crippen molar-refractivity contribution in [3.8, 4) is 6.07 Å². The van der Waals surface area contributed by atoms with Crippen molar-refractivity contribution in [2.45, 2.75) is 47.1 Å². The van der Waals surface area contributed by atoms with Crippen LogP contribution in [-0.2, 0) is 9.59 Å². The highest BCUT2D eigenvalue weighted by atomic mass is 16.2. The van der Waals surface area contributed by atoms with Gasteiger partial charge in [0.2, 0.25) is 5.91 Å². The SMILES string of the molecule is Cc1cc(C)cc(N(CCC#N)C(=O)CN2C(=O)NC(C(C)(C)C)C2=O)c1. The van der Waals surface area contributed by atoms with E-state index in [1.54, 1.807) is 0 Å². The molecule has 0 saturated carbocycles. The van der Waals surface area contributed by atoms with Crippen LogP contribution in [0.2, 0.25) is 0 Å². The van der Waals surface area contributed by atoms with Crippen LogP contribution < -0.4 is 10.2 Å². The Morgan fingerprint density at radius 1 is 1.22 bits per heavy atom. The quantitative estimate of drug-likeness (QED) is 0.806. The van der Waals surface area contributed by atoms with Crippen LogP contribution in [0.15, 0.2) is 18.2 Å². The molecule has 0 aliphatic carbocycles. The molecule has 1 heterocycles. The Kier molecular flexibility index (Phi) is 5.89. The number of carbonyl (C=O) groups excluding carboxylic acids is 3. The summed E-state index contributed by atoms with van der Waals surface area (Å²) < 4.78 is 0. The zero-order valence-corrected chi connectivity index (χ0v) is 16.5. The Balaban J connectivity index is 2.25. The maximum absolute atomic E-state index is 12.9. The highest BCUT2D eigenvalue weighted by Gasteiger charge is 2.45. The van der Waals surface area contributed by atoms with Crippen LogP contribution in [0.1, 0.15) is 38.3 Å². The molecular weight excluding hydrogens is 344 g/mol. The summed E-state index contributed by atoms with van der Waals surface area (Å²) in [4.78, 5) is 40.2. The number of hydrogen-bond acceptors (Lipinski definition) is 4. The van der Waals surface area contributed by atoms with Gasteiger partial charge < -0.3 is 10.2 Å². The van der Waals surface area contributed by atoms with Crippen LogP contribution in [0.5, 0.6) is 0 Å². The summed E-state index contributed by atoms with van der Waals surface area (Å²) in [6, 6.07) is 6.51. The third-order valence-corrected chi connectivity index (χ3v) is 4.45. The van der Waals surface area contributed by atoms with Crippen LogP contribution in [-0.4, -0.2) is 41.9 Å². The van der Waals surface area contributed by atoms with Gasteiger partial charge in [0.1, 0.15) is 12.6 Å². The molecule has 1 saturated heterocycles. The van der Waals surface area contributed by atoms with Gasteiger partial charge in [-0.2, -0.15) is 5.26 Å². The molecule has 1 aliphatic heterocycles. The lowest BCUT2D eigenvalue weighted by molar-refractivity contribution is -0.132. The summed E-state index contributed by atoms with van der Waals surface area (Å²) >= 11 is 0. The number of urea groups is 1. The third-order valence-electron chi connectivity index (χ3n) is 4.45. The van der Waals surface area contributed by atoms with E-state index in [1.165, 1.54) is 4.90 Å². The van der Waals surface area contributed by atoms with Crippen LogP contribution in [0.25, 0.3) is 0 Å². The van der Waals surface area contributed by atoms with Crippen LogP contribution in [0, 0.1) is 30.6 Å². The Morgan fingerprint density at radius 2 is 1.81 bits per heavy atom. The molecule has 0 spiro atoms. The number of benzene rings is 1. The summed E-state index contributed by atoms with van der Waals surface area (Å²) in [5.41, 5.74) is 2.19. The number of nitrogens with zero attached hydrogens (tertiary/aromatic N) is 3. The van der Waals surface area contributed by atoms with E-state index in [0.717, 1.165) is 16.0 Å². The summed E-state index contributed by atoms with van der Waals surface area (Å²) in [5.74, 6) is -0.796. The summed E-state index contributed by atoms with van der Waals surface area (Å²) in [6.07, 6.45) is 0.156. The van der Waals surface area contributed by atoms with Crippen molar-refractivity contribution in [1.82, 2.24) is 10.2 Å². The van der Waals surface area contributed by atoms with Crippen LogP contribution >= 0.6 is 0 Å². The normalized spacial score (nSPS) is 16.9. The Morgan fingerprint density at radius 3 is 2.30 bits per heavy atom. The number of rotatable bonds is 5. The first-order chi connectivity index (χ1) is 12.5. The van der Waals surface area contributed by atoms with Gasteiger partial charge in [-0.05, 0) is 42.5 Å². The second-order valence-corrected chi connectivity index (χ2v) is 7.97. The lowest BCUT2D eigenvalue weighted by Crippen LogP contribution is -2.45. The Labute approximate surface area is 159 Å². The van der Waals surface area contributed by atoms with Gasteiger partial charge in [-0.3, -0.25) is 14.5 Å². The molecule has 1 aromatic carbocycles. The van der Waals surface area contributed by atoms with E-state index in [2.05, 4.69) is 5.32 Å². The molecule has 1 fully saturated rings. The maximum atomic E-state index is 12.9. The number of imide groups is 1. The van der Waals surface area contributed by atoms with Gasteiger partial charge >= 0.3 is 6.03 Å². The fourth-order valence-electron chi connectivity index (χ4n) is 3.14. The largest absolute Gasteiger partial charge is 0.325 e. The van der Waals surface area contributed by atoms with Crippen molar-refractivity contribution in [2.75, 3.05) is 18.0 Å². The molecule has 0 aromatic heterocycles. The van der Waals surface area contributed by atoms with Gasteiger partial charge in [-0.15, -0.1) is 0 Å². The molecule has 27 heavy (non-hydrogen) atoms. The number of hydrogen-bond donors (Lipinski definition) is 1. The minimum atomic E-state index is -0.661. The summed E-state index contributed by atoms with van der Waals surface area (Å²) in [6.45, 7) is 9.27. The van der Waals surface area contributed by atoms with Crippen molar-refractivity contribution in [2.24, 2.45) is 5.41 Å². The lowest BCUT2D eigenvalue weighted by Gasteiger charge is -2.26. The van der Waals surface area contributed by atoms with Gasteiger partial charge in [-0.1, -0.05) is 26.8 Å². The number of amides is 4. The van der Waals surface area contributed by atoms with Crippen LogP contribution in [0.4, 0.5) is 10.5 Å². The number of nitriles is 1. The van der Waals surface area contributed by atoms with Gasteiger partial charge in [-0.25, -0.2) is 4.79 Å². The molecule has 1 atom stereocenters. The fourth-order valence-corrected chi connectivity index (χ4v) is 3.14. The first-order valence-corrected chi connectivity index (χ1v) is 8.92. The highest BCUT2D eigenvalue weighted by molar-refractivity contribution is 6.08. The third kappa shape index (κ3) is 4.64. The number of aryl methyl sites for hydroxylation is 2. The Hall–Kier alpha value is -2.88. The van der Waals surface area contributed by atoms with Gasteiger partial charge in [0, 0.05) is 12.2 Å². The van der Waals surface area contributed by atoms with E-state index in [-0.39, 0.29) is 19.5 Å². The molecule has 1 aromatic rings. The van der Waals surface area contributed by atoms with E-state index < -0.39 is 29.3 Å². The summed E-state index contributed by atoms with van der Waals surface area (Å²) in [5, 5.41) is 11.6. The molecule has 1 aliphatic rings. The van der Waals surface area contributed by atoms with E-state index in [0.29, 0.717) is 5.69 Å². The van der Waals surface area contributed by atoms with Gasteiger partial charge in [0.05, 0.1) is 12.5 Å². The zero-order chi connectivity index (χ0) is 20.4. The van der Waals surface area contributed by atoms with E-state index in [1.807, 2.05) is 58.9 Å². The number of nitrogens with one attached hydrogen (secondary N) is 1. The van der Waals surface area contributed by atoms with Crippen molar-refractivity contribution >= 4 is 23.5 Å². The van der Waals surface area contributed by atoms with Crippen molar-refractivity contribution in [3.63, 3.8) is 0 Å². The zero-order valence-electron chi connectivity index (χ0n) is 16.5. The van der Waals surface area contributed by atoms with E-state index in [4.69, 9.17) is 5.26 Å². The molecular formula is C20H26N4O3. The minimum absolute atomic E-state index is 0.156. The standard InChI is InChI=1S/C20H26N4O3/c1-13-9-14(2)11-15(10-13)23(8-6-7-21)16(25)12-24-18(26)17(20(3,4)5)22-19(24)27/h9-11,17H,6,8,12H2,1-5H3,(H,22,27). The predicted octanol–water partition coefficient (Wildman–Crippen LogP) is 2.52. The van der Waals surface area contributed by atoms with E-state index >= 15 is 0 Å². The molecule has 4 amide bonds. The molecule has 0 bridgehead atoms. The number of anilines is 1. The van der Waals surface area contributed by atoms with Crippen molar-refractivity contribution in [1.29, 1.82) is 5.26 Å². The molecule has 1 N–H and O–H groups in total. The molecule has 7 nitrogen and oxygen atoms in total. The smallest absolute Gasteiger partial charge is 0.325 e. The Bertz CT molecular complexity index is 784. The van der Waals surface area contributed by atoms with Crippen molar-refractivity contribution < 1.29 is 14.4 Å². The van der Waals surface area contributed by atoms with Gasteiger partial charge in [0.25, 0.3) is 5.91 Å². The molecule has 1 unspecified atom stereocenters. The molecule has 0 radical (unpaired) electrons. The summed E-state index contributed by atoms with van der Waals surface area (Å²) in [7, 11) is 0. The lowest BCUT2D eigenvalue weighted by atomic mass is 9.87. The van der Waals surface area contributed by atoms with Gasteiger partial charge in [0.15, 0.2) is 0 Å². The molecule has 2 rings (SSSR count). The topological polar surface area (TPSA) is 93.5 Å².